The standard InChI is InChI=1S/C25H23N3O3/c1-17-7-9-18(10-8-17)15-26-23(29)20-13-11-19(12-14-20)16-28-22-6-4-3-5-21(22)27(2)24(30)25(28)31/h3-14H,15-16H2,1-2H3,(H,26,29). The van der Waals surface area contributed by atoms with Crippen LogP contribution in [0.15, 0.2) is 82.4 Å². The molecule has 1 N–H and O–H groups in total. The van der Waals surface area contributed by atoms with E-state index in [9.17, 15) is 14.4 Å². The summed E-state index contributed by atoms with van der Waals surface area (Å²) in [7, 11) is 1.60. The van der Waals surface area contributed by atoms with Crippen LogP contribution in [-0.2, 0) is 20.1 Å². The van der Waals surface area contributed by atoms with Gasteiger partial charge in [0.25, 0.3) is 5.91 Å². The van der Waals surface area contributed by atoms with Gasteiger partial charge in [-0.15, -0.1) is 0 Å². The summed E-state index contributed by atoms with van der Waals surface area (Å²) >= 11 is 0. The molecule has 0 aliphatic rings. The first-order valence-electron chi connectivity index (χ1n) is 10.1. The maximum absolute atomic E-state index is 12.6. The third-order valence-electron chi connectivity index (χ3n) is 5.40. The first-order valence-corrected chi connectivity index (χ1v) is 10.1. The van der Waals surface area contributed by atoms with Crippen LogP contribution in [0.5, 0.6) is 0 Å². The van der Waals surface area contributed by atoms with Crippen molar-refractivity contribution in [3.63, 3.8) is 0 Å². The number of aryl methyl sites for hydroxylation is 2. The highest BCUT2D eigenvalue weighted by molar-refractivity contribution is 5.94. The maximum atomic E-state index is 12.6. The molecule has 1 amide bonds. The molecule has 0 saturated heterocycles. The summed E-state index contributed by atoms with van der Waals surface area (Å²) in [5, 5.41) is 2.91. The lowest BCUT2D eigenvalue weighted by Gasteiger charge is -2.13. The summed E-state index contributed by atoms with van der Waals surface area (Å²) in [5.41, 5.74) is 3.83. The van der Waals surface area contributed by atoms with Gasteiger partial charge in [-0.05, 0) is 42.3 Å². The van der Waals surface area contributed by atoms with Crippen molar-refractivity contribution in [1.82, 2.24) is 14.5 Å². The van der Waals surface area contributed by atoms with Crippen LogP contribution in [-0.4, -0.2) is 15.0 Å². The molecule has 0 bridgehead atoms. The van der Waals surface area contributed by atoms with E-state index in [0.29, 0.717) is 23.1 Å². The van der Waals surface area contributed by atoms with Crippen LogP contribution in [0.3, 0.4) is 0 Å². The van der Waals surface area contributed by atoms with E-state index in [1.165, 1.54) is 14.7 Å². The van der Waals surface area contributed by atoms with E-state index < -0.39 is 11.1 Å². The second kappa shape index (κ2) is 8.44. The molecule has 0 atom stereocenters. The highest BCUT2D eigenvalue weighted by Crippen LogP contribution is 2.12. The van der Waals surface area contributed by atoms with Gasteiger partial charge in [0.15, 0.2) is 0 Å². The van der Waals surface area contributed by atoms with Gasteiger partial charge in [-0.3, -0.25) is 19.0 Å². The van der Waals surface area contributed by atoms with Gasteiger partial charge in [0.1, 0.15) is 0 Å². The number of aromatic nitrogens is 2. The number of fused-ring (bicyclic) bond motifs is 1. The van der Waals surface area contributed by atoms with Crippen molar-refractivity contribution < 1.29 is 4.79 Å². The maximum Gasteiger partial charge on any atom is 0.317 e. The van der Waals surface area contributed by atoms with Crippen LogP contribution in [0.25, 0.3) is 11.0 Å². The molecule has 6 nitrogen and oxygen atoms in total. The van der Waals surface area contributed by atoms with Gasteiger partial charge in [-0.25, -0.2) is 0 Å². The Labute approximate surface area is 179 Å². The third kappa shape index (κ3) is 4.19. The van der Waals surface area contributed by atoms with Crippen LogP contribution >= 0.6 is 0 Å². The normalized spacial score (nSPS) is 10.9. The van der Waals surface area contributed by atoms with E-state index in [1.54, 1.807) is 31.3 Å². The molecule has 1 heterocycles. The van der Waals surface area contributed by atoms with Crippen LogP contribution in [0.1, 0.15) is 27.0 Å². The molecular weight excluding hydrogens is 390 g/mol. The second-order valence-corrected chi connectivity index (χ2v) is 7.61. The lowest BCUT2D eigenvalue weighted by molar-refractivity contribution is 0.0951. The highest BCUT2D eigenvalue weighted by atomic mass is 16.2. The van der Waals surface area contributed by atoms with E-state index in [0.717, 1.165) is 11.1 Å². The third-order valence-corrected chi connectivity index (χ3v) is 5.40. The molecular formula is C25H23N3O3. The Kier molecular flexibility index (Phi) is 5.54. The minimum absolute atomic E-state index is 0.164. The molecule has 3 aromatic carbocycles. The Bertz CT molecular complexity index is 1360. The van der Waals surface area contributed by atoms with E-state index >= 15 is 0 Å². The molecule has 6 heteroatoms. The summed E-state index contributed by atoms with van der Waals surface area (Å²) in [6, 6.07) is 22.4. The smallest absolute Gasteiger partial charge is 0.317 e. The van der Waals surface area contributed by atoms with Crippen LogP contribution in [0.4, 0.5) is 0 Å². The number of carbonyl (C=O) groups is 1. The number of nitrogens with one attached hydrogen (secondary N) is 1. The van der Waals surface area contributed by atoms with Crippen LogP contribution < -0.4 is 16.4 Å². The van der Waals surface area contributed by atoms with Crippen LogP contribution in [0, 0.1) is 6.92 Å². The van der Waals surface area contributed by atoms with Gasteiger partial charge >= 0.3 is 11.1 Å². The van der Waals surface area contributed by atoms with Gasteiger partial charge in [0.2, 0.25) is 0 Å². The number of benzene rings is 3. The molecule has 0 aliphatic carbocycles. The largest absolute Gasteiger partial charge is 0.348 e. The molecule has 31 heavy (non-hydrogen) atoms. The van der Waals surface area contributed by atoms with Crippen molar-refractivity contribution in [2.75, 3.05) is 0 Å². The Morgan fingerprint density at radius 2 is 1.42 bits per heavy atom. The molecule has 0 spiro atoms. The summed E-state index contributed by atoms with van der Waals surface area (Å²) in [6.45, 7) is 2.73. The molecule has 0 aliphatic heterocycles. The van der Waals surface area contributed by atoms with E-state index in [2.05, 4.69) is 5.32 Å². The van der Waals surface area contributed by atoms with Crippen molar-refractivity contribution in [3.8, 4) is 0 Å². The molecule has 0 saturated carbocycles. The van der Waals surface area contributed by atoms with Gasteiger partial charge in [0, 0.05) is 19.2 Å². The summed E-state index contributed by atoms with van der Waals surface area (Å²) < 4.78 is 2.85. The number of hydrogen-bond acceptors (Lipinski definition) is 3. The molecule has 0 fully saturated rings. The predicted octanol–water partition coefficient (Wildman–Crippen LogP) is 2.99. The van der Waals surface area contributed by atoms with Crippen molar-refractivity contribution >= 4 is 16.9 Å². The van der Waals surface area contributed by atoms with Crippen LogP contribution in [0.2, 0.25) is 0 Å². The van der Waals surface area contributed by atoms with Crippen molar-refractivity contribution in [2.45, 2.75) is 20.0 Å². The van der Waals surface area contributed by atoms with E-state index in [4.69, 9.17) is 0 Å². The Morgan fingerprint density at radius 3 is 2.10 bits per heavy atom. The molecule has 4 rings (SSSR count). The Hall–Kier alpha value is -3.93. The molecule has 0 unspecified atom stereocenters. The zero-order chi connectivity index (χ0) is 22.0. The number of carbonyl (C=O) groups excluding carboxylic acids is 1. The number of amides is 1. The highest BCUT2D eigenvalue weighted by Gasteiger charge is 2.11. The molecule has 1 aromatic heterocycles. The van der Waals surface area contributed by atoms with E-state index in [1.807, 2.05) is 55.5 Å². The Balaban J connectivity index is 1.53. The number of hydrogen-bond donors (Lipinski definition) is 1. The lowest BCUT2D eigenvalue weighted by atomic mass is 10.1. The number of nitrogens with zero attached hydrogens (tertiary/aromatic N) is 2. The topological polar surface area (TPSA) is 73.1 Å². The monoisotopic (exact) mass is 413 g/mol. The molecule has 0 radical (unpaired) electrons. The fourth-order valence-corrected chi connectivity index (χ4v) is 3.55. The minimum atomic E-state index is -0.568. The first-order chi connectivity index (χ1) is 14.9. The average Bonchev–Trinajstić information content (AvgIpc) is 2.80. The summed E-state index contributed by atoms with van der Waals surface area (Å²) in [5.74, 6) is -0.164. The first kappa shape index (κ1) is 20.3. The zero-order valence-electron chi connectivity index (χ0n) is 17.5. The summed E-state index contributed by atoms with van der Waals surface area (Å²) in [6.07, 6.45) is 0. The van der Waals surface area contributed by atoms with Crippen molar-refractivity contribution in [1.29, 1.82) is 0 Å². The Morgan fingerprint density at radius 1 is 0.806 bits per heavy atom. The fourth-order valence-electron chi connectivity index (χ4n) is 3.55. The fraction of sp³-hybridized carbons (Fsp3) is 0.160. The summed E-state index contributed by atoms with van der Waals surface area (Å²) in [4.78, 5) is 37.4. The lowest BCUT2D eigenvalue weighted by Crippen LogP contribution is -2.40. The van der Waals surface area contributed by atoms with Gasteiger partial charge < -0.3 is 9.88 Å². The molecule has 156 valence electrons. The number of rotatable bonds is 5. The van der Waals surface area contributed by atoms with Gasteiger partial charge in [-0.1, -0.05) is 54.1 Å². The second-order valence-electron chi connectivity index (χ2n) is 7.61. The quantitative estimate of drug-likeness (QED) is 0.511. The SMILES string of the molecule is Cc1ccc(CNC(=O)c2ccc(Cn3c(=O)c(=O)n(C)c4ccccc43)cc2)cc1. The van der Waals surface area contributed by atoms with Gasteiger partial charge in [-0.2, -0.15) is 0 Å². The van der Waals surface area contributed by atoms with Crippen molar-refractivity contribution in [2.24, 2.45) is 7.05 Å². The zero-order valence-corrected chi connectivity index (χ0v) is 17.5. The van der Waals surface area contributed by atoms with Gasteiger partial charge in [0.05, 0.1) is 17.6 Å². The molecule has 4 aromatic rings. The predicted molar refractivity (Wildman–Crippen MR) is 121 cm³/mol. The van der Waals surface area contributed by atoms with Crippen molar-refractivity contribution in [3.05, 3.63) is 116 Å². The number of para-hydroxylation sites is 2. The minimum Gasteiger partial charge on any atom is -0.348 e. The average molecular weight is 413 g/mol. The van der Waals surface area contributed by atoms with E-state index in [-0.39, 0.29) is 12.5 Å².